The molecule has 0 saturated heterocycles. The SMILES string of the molecule is OC/C=[13CH]/COCc1ccccc1. The minimum absolute atomic E-state index is 0.0781. The quantitative estimate of drug-likeness (QED) is 0.424. The normalized spacial score (nSPS) is 10.8. The van der Waals surface area contributed by atoms with E-state index in [1.54, 1.807) is 6.08 Å². The molecule has 0 bridgehead atoms. The summed E-state index contributed by atoms with van der Waals surface area (Å²) in [6.07, 6.45) is 3.48. The summed E-state index contributed by atoms with van der Waals surface area (Å²) in [7, 11) is 0. The summed E-state index contributed by atoms with van der Waals surface area (Å²) in [5.41, 5.74) is 1.17. The zero-order chi connectivity index (χ0) is 9.36. The first-order valence-corrected chi connectivity index (χ1v) is 4.31. The first-order valence-electron chi connectivity index (χ1n) is 4.31. The van der Waals surface area contributed by atoms with Crippen LogP contribution in [-0.4, -0.2) is 18.3 Å². The molecule has 0 saturated carbocycles. The average molecular weight is 179 g/mol. The molecule has 70 valence electrons. The van der Waals surface area contributed by atoms with Gasteiger partial charge in [-0.2, -0.15) is 0 Å². The Balaban J connectivity index is 2.17. The molecule has 0 aliphatic rings. The Kier molecular flexibility index (Phi) is 4.91. The third-order valence-electron chi connectivity index (χ3n) is 1.60. The number of benzene rings is 1. The van der Waals surface area contributed by atoms with Crippen molar-refractivity contribution in [3.8, 4) is 0 Å². The van der Waals surface area contributed by atoms with Crippen molar-refractivity contribution in [1.82, 2.24) is 0 Å². The van der Waals surface area contributed by atoms with Gasteiger partial charge in [0.2, 0.25) is 0 Å². The Labute approximate surface area is 78.5 Å². The van der Waals surface area contributed by atoms with Crippen molar-refractivity contribution < 1.29 is 9.84 Å². The first kappa shape index (κ1) is 9.96. The van der Waals surface area contributed by atoms with Crippen LogP contribution in [0.4, 0.5) is 0 Å². The topological polar surface area (TPSA) is 29.5 Å². The molecular formula is C11H14O2. The second-order valence-corrected chi connectivity index (χ2v) is 2.65. The van der Waals surface area contributed by atoms with Crippen LogP contribution in [0.15, 0.2) is 42.5 Å². The molecule has 0 heterocycles. The zero-order valence-corrected chi connectivity index (χ0v) is 7.52. The molecule has 1 N–H and O–H groups in total. The number of hydrogen-bond donors (Lipinski definition) is 1. The number of aliphatic hydroxyl groups is 1. The fourth-order valence-electron chi connectivity index (χ4n) is 0.962. The number of ether oxygens (including phenoxy) is 1. The van der Waals surface area contributed by atoms with E-state index >= 15 is 0 Å². The van der Waals surface area contributed by atoms with Gasteiger partial charge in [-0.3, -0.25) is 0 Å². The van der Waals surface area contributed by atoms with E-state index in [-0.39, 0.29) is 6.61 Å². The lowest BCUT2D eigenvalue weighted by atomic mass is 10.2. The van der Waals surface area contributed by atoms with Crippen molar-refractivity contribution in [2.24, 2.45) is 0 Å². The van der Waals surface area contributed by atoms with E-state index in [4.69, 9.17) is 9.84 Å². The van der Waals surface area contributed by atoms with Gasteiger partial charge in [-0.05, 0) is 5.56 Å². The molecule has 0 fully saturated rings. The minimum atomic E-state index is 0.0781. The Morgan fingerprint density at radius 3 is 2.62 bits per heavy atom. The van der Waals surface area contributed by atoms with Gasteiger partial charge >= 0.3 is 0 Å². The van der Waals surface area contributed by atoms with Crippen LogP contribution in [0.2, 0.25) is 0 Å². The summed E-state index contributed by atoms with van der Waals surface area (Å²) in [5, 5.41) is 8.44. The summed E-state index contributed by atoms with van der Waals surface area (Å²) in [4.78, 5) is 0. The van der Waals surface area contributed by atoms with Crippen molar-refractivity contribution in [3.63, 3.8) is 0 Å². The molecule has 0 aliphatic carbocycles. The Morgan fingerprint density at radius 1 is 1.15 bits per heavy atom. The first-order chi connectivity index (χ1) is 6.43. The molecule has 0 aliphatic heterocycles. The van der Waals surface area contributed by atoms with E-state index in [9.17, 15) is 0 Å². The lowest BCUT2D eigenvalue weighted by molar-refractivity contribution is 0.148. The van der Waals surface area contributed by atoms with Crippen LogP contribution in [0.25, 0.3) is 0 Å². The molecule has 0 spiro atoms. The Bertz CT molecular complexity index is 242. The van der Waals surface area contributed by atoms with Gasteiger partial charge in [0.05, 0.1) is 19.8 Å². The Morgan fingerprint density at radius 2 is 1.92 bits per heavy atom. The van der Waals surface area contributed by atoms with E-state index in [0.29, 0.717) is 13.2 Å². The molecule has 13 heavy (non-hydrogen) atoms. The van der Waals surface area contributed by atoms with E-state index < -0.39 is 0 Å². The maximum Gasteiger partial charge on any atom is 0.0721 e. The monoisotopic (exact) mass is 179 g/mol. The second kappa shape index (κ2) is 6.40. The maximum atomic E-state index is 8.44. The standard InChI is InChI=1S/C11H14O2/c12-8-4-5-9-13-10-11-6-2-1-3-7-11/h1-7,12H,8-10H2/b5-4+/i5+1. The van der Waals surface area contributed by atoms with Gasteiger partial charge in [-0.15, -0.1) is 0 Å². The zero-order valence-electron chi connectivity index (χ0n) is 7.52. The van der Waals surface area contributed by atoms with Crippen molar-refractivity contribution in [3.05, 3.63) is 48.0 Å². The third-order valence-corrected chi connectivity index (χ3v) is 1.60. The Hall–Kier alpha value is -1.12. The molecule has 0 radical (unpaired) electrons. The highest BCUT2D eigenvalue weighted by Gasteiger charge is 1.88. The van der Waals surface area contributed by atoms with E-state index in [1.807, 2.05) is 36.4 Å². The number of rotatable bonds is 5. The molecular weight excluding hydrogens is 165 g/mol. The van der Waals surface area contributed by atoms with Crippen LogP contribution in [-0.2, 0) is 11.3 Å². The lowest BCUT2D eigenvalue weighted by Gasteiger charge is -2.00. The lowest BCUT2D eigenvalue weighted by Crippen LogP contribution is -1.92. The van der Waals surface area contributed by atoms with Gasteiger partial charge in [-0.1, -0.05) is 42.5 Å². The van der Waals surface area contributed by atoms with Gasteiger partial charge in [0.15, 0.2) is 0 Å². The van der Waals surface area contributed by atoms with Gasteiger partial charge in [-0.25, -0.2) is 0 Å². The van der Waals surface area contributed by atoms with Gasteiger partial charge in [0.1, 0.15) is 0 Å². The predicted octanol–water partition coefficient (Wildman–Crippen LogP) is 1.75. The van der Waals surface area contributed by atoms with E-state index in [0.717, 1.165) is 0 Å². The fraction of sp³-hybridized carbons (Fsp3) is 0.273. The molecule has 0 unspecified atom stereocenters. The van der Waals surface area contributed by atoms with Crippen molar-refractivity contribution >= 4 is 0 Å². The molecule has 0 atom stereocenters. The van der Waals surface area contributed by atoms with Crippen molar-refractivity contribution in [2.75, 3.05) is 13.2 Å². The third kappa shape index (κ3) is 4.45. The van der Waals surface area contributed by atoms with Gasteiger partial charge in [0.25, 0.3) is 0 Å². The minimum Gasteiger partial charge on any atom is -0.392 e. The van der Waals surface area contributed by atoms with Crippen LogP contribution in [0.1, 0.15) is 5.56 Å². The van der Waals surface area contributed by atoms with Crippen molar-refractivity contribution in [1.29, 1.82) is 0 Å². The van der Waals surface area contributed by atoms with Crippen molar-refractivity contribution in [2.45, 2.75) is 6.61 Å². The summed E-state index contributed by atoms with van der Waals surface area (Å²) >= 11 is 0. The number of hydrogen-bond acceptors (Lipinski definition) is 2. The van der Waals surface area contributed by atoms with Crippen LogP contribution in [0, 0.1) is 0 Å². The fourth-order valence-corrected chi connectivity index (χ4v) is 0.962. The second-order valence-electron chi connectivity index (χ2n) is 2.65. The highest BCUT2D eigenvalue weighted by atomic mass is 16.5. The summed E-state index contributed by atoms with van der Waals surface area (Å²) in [6.45, 7) is 1.25. The molecule has 0 amide bonds. The molecule has 2 nitrogen and oxygen atoms in total. The molecule has 1 aromatic carbocycles. The molecule has 2 heteroatoms. The van der Waals surface area contributed by atoms with Gasteiger partial charge < -0.3 is 9.84 Å². The summed E-state index contributed by atoms with van der Waals surface area (Å²) in [6, 6.07) is 10.0. The average Bonchev–Trinajstić information content (AvgIpc) is 2.19. The smallest absolute Gasteiger partial charge is 0.0721 e. The van der Waals surface area contributed by atoms with Crippen LogP contribution < -0.4 is 0 Å². The van der Waals surface area contributed by atoms with Crippen LogP contribution in [0.5, 0.6) is 0 Å². The predicted molar refractivity (Wildman–Crippen MR) is 52.3 cm³/mol. The highest BCUT2D eigenvalue weighted by molar-refractivity contribution is 5.13. The van der Waals surface area contributed by atoms with E-state index in [2.05, 4.69) is 0 Å². The highest BCUT2D eigenvalue weighted by Crippen LogP contribution is 1.99. The molecule has 1 rings (SSSR count). The number of aliphatic hydroxyl groups excluding tert-OH is 1. The van der Waals surface area contributed by atoms with Crippen LogP contribution >= 0.6 is 0 Å². The largest absolute Gasteiger partial charge is 0.392 e. The van der Waals surface area contributed by atoms with E-state index in [1.165, 1.54) is 5.56 Å². The summed E-state index contributed by atoms with van der Waals surface area (Å²) < 4.78 is 5.32. The van der Waals surface area contributed by atoms with Gasteiger partial charge in [0, 0.05) is 0 Å². The molecule has 0 aromatic heterocycles. The maximum absolute atomic E-state index is 8.44. The van der Waals surface area contributed by atoms with Crippen LogP contribution in [0.3, 0.4) is 0 Å². The summed E-state index contributed by atoms with van der Waals surface area (Å²) in [5.74, 6) is 0. The molecule has 1 aromatic rings.